The number of unbranched alkanes of at least 4 members (excludes halogenated alkanes) is 2. The van der Waals surface area contributed by atoms with Crippen molar-refractivity contribution in [2.45, 2.75) is 294 Å². The van der Waals surface area contributed by atoms with Gasteiger partial charge in [0.15, 0.2) is 43.5 Å². The van der Waals surface area contributed by atoms with E-state index in [9.17, 15) is 54.9 Å². The molecule has 0 unspecified atom stereocenters. The van der Waals surface area contributed by atoms with Crippen molar-refractivity contribution >= 4 is 23.9 Å². The van der Waals surface area contributed by atoms with Gasteiger partial charge in [-0.05, 0) is 74.1 Å². The van der Waals surface area contributed by atoms with E-state index in [1.165, 1.54) is 40.7 Å². The van der Waals surface area contributed by atoms with Gasteiger partial charge in [0, 0.05) is 12.0 Å². The number of esters is 4. The number of hydrogen-bond donors (Lipinski definition) is 7. The lowest BCUT2D eigenvalue weighted by molar-refractivity contribution is -0.399. The third-order valence-corrected chi connectivity index (χ3v) is 15.7. The number of carbonyl (C=O) groups is 4. The van der Waals surface area contributed by atoms with Gasteiger partial charge in [-0.25, -0.2) is 4.79 Å². The molecule has 0 aromatic carbocycles. The molecule has 78 heavy (non-hydrogen) atoms. The summed E-state index contributed by atoms with van der Waals surface area (Å²) in [7, 11) is 0. The minimum Gasteiger partial charge on any atom is -0.463 e. The van der Waals surface area contributed by atoms with Gasteiger partial charge in [-0.1, -0.05) is 84.6 Å². The maximum absolute atomic E-state index is 14.1. The summed E-state index contributed by atoms with van der Waals surface area (Å²) in [5.74, 6) is -4.90. The number of allylic oxidation sites excluding steroid dienone is 1. The largest absolute Gasteiger partial charge is 0.463 e. The van der Waals surface area contributed by atoms with Gasteiger partial charge in [0.2, 0.25) is 0 Å². The van der Waals surface area contributed by atoms with Crippen molar-refractivity contribution in [1.29, 1.82) is 0 Å². The molecular weight excluding hydrogens is 1030 g/mol. The van der Waals surface area contributed by atoms with Gasteiger partial charge in [-0.3, -0.25) is 14.4 Å². The molecule has 0 spiro atoms. The summed E-state index contributed by atoms with van der Waals surface area (Å²) in [6.07, 6.45) is -22.6. The highest BCUT2D eigenvalue weighted by molar-refractivity contribution is 5.87. The molecule has 0 aliphatic carbocycles. The monoisotopic (exact) mass is 1120 g/mol. The van der Waals surface area contributed by atoms with Crippen LogP contribution in [0.4, 0.5) is 0 Å². The second-order valence-corrected chi connectivity index (χ2v) is 21.9. The Morgan fingerprint density at radius 1 is 0.641 bits per heavy atom. The molecule has 5 saturated heterocycles. The standard InChI is InChI=1S/C55H92O23/c1-11-14-20-23-34-24-21-18-16-15-17-19-22-25-36(57)73-47-44(76-52-42(63)41(62)43(32(9)69-52)74-50(65)28(5)13-3)33(10)70-55(48(47)75-51(66)29(6)30(7)56)78-46-40(61)38(59)35(26-67-49(64)27(4)12-2)72-54(46)77-45-39(60)37(58)31(8)68-53(45)71-34/h13,27,29-35,37-48,52-56,58-63H,11-12,14-26H2,1-10H3/b28-13+/t27-,29+,30+,31+,32+,33-,34-,35+,37+,38+,39-,40-,41+,42+,43+,44-,45+,46+,47+,48+,52-,53-,54-,55-/m0/s1. The van der Waals surface area contributed by atoms with Crippen LogP contribution in [0.15, 0.2) is 11.6 Å². The third kappa shape index (κ3) is 17.5. The van der Waals surface area contributed by atoms with E-state index in [0.717, 1.165) is 51.4 Å². The van der Waals surface area contributed by atoms with Crippen LogP contribution in [0.2, 0.25) is 0 Å². The van der Waals surface area contributed by atoms with E-state index in [1.54, 1.807) is 27.7 Å². The van der Waals surface area contributed by atoms with Crippen LogP contribution in [0.1, 0.15) is 159 Å². The van der Waals surface area contributed by atoms with E-state index in [2.05, 4.69) is 6.92 Å². The average molecular weight is 1120 g/mol. The van der Waals surface area contributed by atoms with E-state index in [4.69, 9.17) is 56.8 Å². The summed E-state index contributed by atoms with van der Waals surface area (Å²) in [6.45, 7) is 15.3. The highest BCUT2D eigenvalue weighted by Gasteiger charge is 2.58. The fourth-order valence-electron chi connectivity index (χ4n) is 9.90. The van der Waals surface area contributed by atoms with Crippen molar-refractivity contribution in [2.24, 2.45) is 11.8 Å². The molecule has 5 aliphatic rings. The minimum absolute atomic E-state index is 0.0970. The van der Waals surface area contributed by atoms with E-state index in [-0.39, 0.29) is 18.1 Å². The SMILES string of the molecule is C/C=C(\C)C(=O)O[C@H]1[C@H](O)[C@@H](O)[C@H](O[C@@H]2[C@H]3OC(=O)CCCCCCCCC[C@H](CCCCC)O[C@@H]4O[C@H](C)[C@@H](O)[C@H](O)[C@H]4O[C@@H]4O[C@H](COC(=O)[C@@H](C)CC)[C@@H](O)[C@H](O)[C@H]4O[C@H](O[C@H]2C)[C@@H]3OC(=O)[C@H](C)[C@@H](C)O)O[C@@H]1C. The van der Waals surface area contributed by atoms with Gasteiger partial charge >= 0.3 is 23.9 Å². The lowest BCUT2D eigenvalue weighted by atomic mass is 9.95. The Morgan fingerprint density at radius 2 is 1.24 bits per heavy atom. The predicted octanol–water partition coefficient (Wildman–Crippen LogP) is 3.06. The molecular formula is C55H92O23. The summed E-state index contributed by atoms with van der Waals surface area (Å²) in [6, 6.07) is 0. The van der Waals surface area contributed by atoms with Crippen molar-refractivity contribution < 1.29 is 112 Å². The first-order valence-electron chi connectivity index (χ1n) is 28.4. The third-order valence-electron chi connectivity index (χ3n) is 15.7. The molecule has 5 heterocycles. The predicted molar refractivity (Wildman–Crippen MR) is 273 cm³/mol. The summed E-state index contributed by atoms with van der Waals surface area (Å²) in [5, 5.41) is 80.5. The number of aliphatic hydroxyl groups excluding tert-OH is 7. The van der Waals surface area contributed by atoms with Crippen LogP contribution in [-0.2, 0) is 76.0 Å². The zero-order valence-electron chi connectivity index (χ0n) is 47.2. The summed E-state index contributed by atoms with van der Waals surface area (Å²) in [4.78, 5) is 53.8. The molecule has 24 atom stereocenters. The molecule has 23 nitrogen and oxygen atoms in total. The van der Waals surface area contributed by atoms with Crippen LogP contribution in [-0.4, -0.2) is 201 Å². The van der Waals surface area contributed by atoms with Crippen molar-refractivity contribution in [3.63, 3.8) is 0 Å². The van der Waals surface area contributed by atoms with E-state index in [0.29, 0.717) is 32.1 Å². The Kier molecular flexibility index (Phi) is 26.5. The quantitative estimate of drug-likeness (QED) is 0.0536. The molecule has 5 rings (SSSR count). The lowest BCUT2D eigenvalue weighted by Gasteiger charge is -2.50. The Labute approximate surface area is 458 Å². The molecule has 0 aromatic heterocycles. The number of ether oxygens (including phenoxy) is 12. The van der Waals surface area contributed by atoms with E-state index < -0.39 is 171 Å². The molecule has 5 fully saturated rings. The van der Waals surface area contributed by atoms with E-state index in [1.807, 2.05) is 0 Å². The zero-order valence-corrected chi connectivity index (χ0v) is 47.2. The topological polar surface area (TPSA) is 321 Å². The van der Waals surface area contributed by atoms with Gasteiger partial charge in [-0.2, -0.15) is 0 Å². The number of carbonyl (C=O) groups excluding carboxylic acids is 4. The number of fused-ring (bicyclic) bond motifs is 4. The molecule has 0 amide bonds. The first-order chi connectivity index (χ1) is 37.0. The normalized spacial score (nSPS) is 40.2. The van der Waals surface area contributed by atoms with Gasteiger partial charge in [-0.15, -0.1) is 0 Å². The van der Waals surface area contributed by atoms with Crippen LogP contribution in [0, 0.1) is 11.8 Å². The maximum Gasteiger partial charge on any atom is 0.333 e. The fraction of sp³-hybridized carbons (Fsp3) is 0.891. The average Bonchev–Trinajstić information content (AvgIpc) is 3.41. The van der Waals surface area contributed by atoms with Gasteiger partial charge in [0.1, 0.15) is 67.6 Å². The van der Waals surface area contributed by atoms with Gasteiger partial charge in [0.25, 0.3) is 0 Å². The fourth-order valence-corrected chi connectivity index (χ4v) is 9.90. The van der Waals surface area contributed by atoms with Gasteiger partial charge < -0.3 is 92.6 Å². The lowest BCUT2D eigenvalue weighted by Crippen LogP contribution is -2.68. The Hall–Kier alpha value is -2.98. The zero-order chi connectivity index (χ0) is 57.5. The van der Waals surface area contributed by atoms with Crippen molar-refractivity contribution in [3.05, 3.63) is 11.6 Å². The molecule has 0 saturated carbocycles. The Balaban J connectivity index is 1.60. The second-order valence-electron chi connectivity index (χ2n) is 21.9. The minimum atomic E-state index is -2.01. The van der Waals surface area contributed by atoms with Crippen LogP contribution in [0.25, 0.3) is 0 Å². The summed E-state index contributed by atoms with van der Waals surface area (Å²) < 4.78 is 74.5. The first-order valence-corrected chi connectivity index (χ1v) is 28.4. The molecule has 450 valence electrons. The number of rotatable bonds is 15. The molecule has 0 radical (unpaired) electrons. The summed E-state index contributed by atoms with van der Waals surface area (Å²) in [5.41, 5.74) is 0.239. The smallest absolute Gasteiger partial charge is 0.333 e. The molecule has 23 heteroatoms. The Morgan fingerprint density at radius 3 is 1.88 bits per heavy atom. The van der Waals surface area contributed by atoms with Crippen LogP contribution >= 0.6 is 0 Å². The highest BCUT2D eigenvalue weighted by Crippen LogP contribution is 2.38. The van der Waals surface area contributed by atoms with Crippen LogP contribution in [0.3, 0.4) is 0 Å². The van der Waals surface area contributed by atoms with Crippen molar-refractivity contribution in [3.8, 4) is 0 Å². The first kappa shape index (κ1) is 65.8. The van der Waals surface area contributed by atoms with Crippen molar-refractivity contribution in [1.82, 2.24) is 0 Å². The van der Waals surface area contributed by atoms with Crippen LogP contribution in [0.5, 0.6) is 0 Å². The molecule has 0 aromatic rings. The summed E-state index contributed by atoms with van der Waals surface area (Å²) >= 11 is 0. The molecule has 7 N–H and O–H groups in total. The Bertz CT molecular complexity index is 1890. The number of aliphatic hydroxyl groups is 7. The maximum atomic E-state index is 14.1. The number of hydrogen-bond acceptors (Lipinski definition) is 23. The van der Waals surface area contributed by atoms with Crippen molar-refractivity contribution in [2.75, 3.05) is 6.61 Å². The molecule has 2 bridgehead atoms. The highest BCUT2D eigenvalue weighted by atomic mass is 16.8. The van der Waals surface area contributed by atoms with Gasteiger partial charge in [0.05, 0.1) is 42.4 Å². The second kappa shape index (κ2) is 31.5. The molecule has 5 aliphatic heterocycles. The van der Waals surface area contributed by atoms with Crippen LogP contribution < -0.4 is 0 Å². The van der Waals surface area contributed by atoms with E-state index >= 15 is 0 Å².